The van der Waals surface area contributed by atoms with Crippen LogP contribution in [0.2, 0.25) is 0 Å². The summed E-state index contributed by atoms with van der Waals surface area (Å²) in [7, 11) is -2.88. The number of aryl methyl sites for hydroxylation is 1. The van der Waals surface area contributed by atoms with E-state index in [1.165, 1.54) is 11.1 Å². The Bertz CT molecular complexity index is 1290. The number of hydrogen-bond acceptors (Lipinski definition) is 7. The van der Waals surface area contributed by atoms with Gasteiger partial charge in [-0.05, 0) is 67.6 Å². The molecule has 1 fully saturated rings. The molecule has 0 spiro atoms. The van der Waals surface area contributed by atoms with Gasteiger partial charge in [0.25, 0.3) is 0 Å². The monoisotopic (exact) mass is 478 g/mol. The molecule has 7 nitrogen and oxygen atoms in total. The number of hydrogen-bond donors (Lipinski definition) is 1. The molecule has 0 aliphatic carbocycles. The maximum atomic E-state index is 11.9. The second kappa shape index (κ2) is 9.35. The van der Waals surface area contributed by atoms with Crippen molar-refractivity contribution >= 4 is 21.2 Å². The number of nitrogens with zero attached hydrogens (tertiary/aromatic N) is 3. The van der Waals surface area contributed by atoms with Crippen molar-refractivity contribution in [1.82, 2.24) is 15.1 Å². The molecule has 1 unspecified atom stereocenters. The maximum Gasteiger partial charge on any atom is 0.233 e. The predicted molar refractivity (Wildman–Crippen MR) is 134 cm³/mol. The molecule has 1 aromatic heterocycles. The zero-order chi connectivity index (χ0) is 23.7. The topological polar surface area (TPSA) is 84.4 Å². The molecule has 2 aliphatic rings. The van der Waals surface area contributed by atoms with E-state index in [0.717, 1.165) is 54.1 Å². The van der Waals surface area contributed by atoms with Crippen LogP contribution >= 0.6 is 0 Å². The Morgan fingerprint density at radius 1 is 1.15 bits per heavy atom. The Hall–Kier alpha value is -2.97. The molecule has 3 heterocycles. The second-order valence-corrected chi connectivity index (χ2v) is 11.3. The van der Waals surface area contributed by atoms with Crippen LogP contribution in [-0.4, -0.2) is 54.2 Å². The fraction of sp³-hybridized carbons (Fsp3) is 0.385. The van der Waals surface area contributed by atoms with Crippen molar-refractivity contribution in [2.24, 2.45) is 0 Å². The first-order valence-corrected chi connectivity index (χ1v) is 13.6. The maximum absolute atomic E-state index is 11.9. The Kier molecular flexibility index (Phi) is 6.27. The van der Waals surface area contributed by atoms with Crippen molar-refractivity contribution < 1.29 is 13.2 Å². The summed E-state index contributed by atoms with van der Waals surface area (Å²) < 4.78 is 29.3. The zero-order valence-corrected chi connectivity index (χ0v) is 20.4. The standard InChI is InChI=1S/C26H30N4O3S/c1-3-33-26-10-9-25(28-29-26)23-15-20(8-7-18(23)2)27-24-6-4-5-19-16-30(13-11-22(19)24)21-12-14-34(31,32)17-21/h4-10,15,21,27H,3,11-14,16-17H2,1-2H3. The normalized spacial score (nSPS) is 19.5. The van der Waals surface area contributed by atoms with Crippen molar-refractivity contribution in [3.63, 3.8) is 0 Å². The highest BCUT2D eigenvalue weighted by Gasteiger charge is 2.34. The smallest absolute Gasteiger partial charge is 0.233 e. The molecule has 1 N–H and O–H groups in total. The largest absolute Gasteiger partial charge is 0.477 e. The van der Waals surface area contributed by atoms with E-state index >= 15 is 0 Å². The quantitative estimate of drug-likeness (QED) is 0.570. The number of rotatable bonds is 6. The van der Waals surface area contributed by atoms with Crippen molar-refractivity contribution in [2.45, 2.75) is 39.3 Å². The third-order valence-electron chi connectivity index (χ3n) is 6.75. The molecule has 3 aromatic rings. The van der Waals surface area contributed by atoms with Crippen molar-refractivity contribution in [3.8, 4) is 17.1 Å². The average Bonchev–Trinajstić information content (AvgIpc) is 3.20. The molecule has 5 rings (SSSR count). The van der Waals surface area contributed by atoms with E-state index in [9.17, 15) is 8.42 Å². The molecule has 8 heteroatoms. The highest BCUT2D eigenvalue weighted by Crippen LogP contribution is 2.33. The number of ether oxygens (including phenoxy) is 1. The Morgan fingerprint density at radius 3 is 2.76 bits per heavy atom. The lowest BCUT2D eigenvalue weighted by Crippen LogP contribution is -2.40. The summed E-state index contributed by atoms with van der Waals surface area (Å²) >= 11 is 0. The second-order valence-electron chi connectivity index (χ2n) is 9.07. The minimum atomic E-state index is -2.88. The van der Waals surface area contributed by atoms with Gasteiger partial charge in [-0.2, -0.15) is 0 Å². The summed E-state index contributed by atoms with van der Waals surface area (Å²) in [6.45, 7) is 6.23. The lowest BCUT2D eigenvalue weighted by Gasteiger charge is -2.34. The third-order valence-corrected chi connectivity index (χ3v) is 8.50. The Balaban J connectivity index is 1.36. The van der Waals surface area contributed by atoms with E-state index in [1.807, 2.05) is 19.1 Å². The fourth-order valence-electron chi connectivity index (χ4n) is 4.94. The van der Waals surface area contributed by atoms with E-state index in [0.29, 0.717) is 24.0 Å². The first-order chi connectivity index (χ1) is 16.4. The molecule has 178 valence electrons. The zero-order valence-electron chi connectivity index (χ0n) is 19.6. The van der Waals surface area contributed by atoms with Crippen LogP contribution in [0.3, 0.4) is 0 Å². The first kappa shape index (κ1) is 22.8. The number of nitrogens with one attached hydrogen (secondary N) is 1. The molecule has 2 aliphatic heterocycles. The summed E-state index contributed by atoms with van der Waals surface area (Å²) in [6.07, 6.45) is 1.65. The van der Waals surface area contributed by atoms with Gasteiger partial charge in [0.1, 0.15) is 0 Å². The first-order valence-electron chi connectivity index (χ1n) is 11.8. The summed E-state index contributed by atoms with van der Waals surface area (Å²) in [6, 6.07) is 16.6. The van der Waals surface area contributed by atoms with E-state index in [4.69, 9.17) is 4.74 Å². The van der Waals surface area contributed by atoms with E-state index in [-0.39, 0.29) is 6.04 Å². The molecule has 1 saturated heterocycles. The number of benzene rings is 2. The molecular formula is C26H30N4O3S. The third kappa shape index (κ3) is 4.79. The molecule has 0 bridgehead atoms. The highest BCUT2D eigenvalue weighted by atomic mass is 32.2. The number of sulfone groups is 1. The van der Waals surface area contributed by atoms with E-state index < -0.39 is 9.84 Å². The van der Waals surface area contributed by atoms with Crippen LogP contribution in [0.25, 0.3) is 11.3 Å². The van der Waals surface area contributed by atoms with Gasteiger partial charge in [-0.15, -0.1) is 10.2 Å². The lowest BCUT2D eigenvalue weighted by atomic mass is 9.96. The van der Waals surface area contributed by atoms with Gasteiger partial charge in [0.05, 0.1) is 23.8 Å². The predicted octanol–water partition coefficient (Wildman–Crippen LogP) is 4.14. The SMILES string of the molecule is CCOc1ccc(-c2cc(Nc3cccc4c3CCN(C3CCS(=O)(=O)C3)C4)ccc2C)nn1. The molecule has 0 amide bonds. The van der Waals surface area contributed by atoms with Crippen LogP contribution in [0.4, 0.5) is 11.4 Å². The molecule has 0 saturated carbocycles. The summed E-state index contributed by atoms with van der Waals surface area (Å²) in [5.41, 5.74) is 7.63. The molecular weight excluding hydrogens is 448 g/mol. The Morgan fingerprint density at radius 2 is 2.03 bits per heavy atom. The van der Waals surface area contributed by atoms with Crippen molar-refractivity contribution in [2.75, 3.05) is 30.0 Å². The van der Waals surface area contributed by atoms with Gasteiger partial charge in [-0.25, -0.2) is 8.42 Å². The molecule has 0 radical (unpaired) electrons. The average molecular weight is 479 g/mol. The number of aromatic nitrogens is 2. The van der Waals surface area contributed by atoms with Crippen LogP contribution in [-0.2, 0) is 22.8 Å². The summed E-state index contributed by atoms with van der Waals surface area (Å²) in [5.74, 6) is 1.14. The minimum Gasteiger partial charge on any atom is -0.477 e. The van der Waals surface area contributed by atoms with Gasteiger partial charge in [-0.3, -0.25) is 4.90 Å². The molecule has 34 heavy (non-hydrogen) atoms. The van der Waals surface area contributed by atoms with E-state index in [1.54, 1.807) is 0 Å². The van der Waals surface area contributed by atoms with Crippen LogP contribution in [0.5, 0.6) is 5.88 Å². The minimum absolute atomic E-state index is 0.143. The van der Waals surface area contributed by atoms with Gasteiger partial charge < -0.3 is 10.1 Å². The van der Waals surface area contributed by atoms with Gasteiger partial charge in [-0.1, -0.05) is 18.2 Å². The van der Waals surface area contributed by atoms with Crippen molar-refractivity contribution in [3.05, 3.63) is 65.2 Å². The van der Waals surface area contributed by atoms with Gasteiger partial charge in [0.2, 0.25) is 5.88 Å². The molecule has 2 aromatic carbocycles. The lowest BCUT2D eigenvalue weighted by molar-refractivity contribution is 0.194. The molecule has 1 atom stereocenters. The summed E-state index contributed by atoms with van der Waals surface area (Å²) in [5, 5.41) is 12.1. The van der Waals surface area contributed by atoms with Crippen LogP contribution in [0.1, 0.15) is 30.0 Å². The van der Waals surface area contributed by atoms with Gasteiger partial charge in [0, 0.05) is 42.1 Å². The fourth-order valence-corrected chi connectivity index (χ4v) is 6.70. The van der Waals surface area contributed by atoms with Crippen LogP contribution in [0, 0.1) is 6.92 Å². The Labute approximate surface area is 201 Å². The summed E-state index contributed by atoms with van der Waals surface area (Å²) in [4.78, 5) is 2.34. The van der Waals surface area contributed by atoms with Gasteiger partial charge in [0.15, 0.2) is 9.84 Å². The van der Waals surface area contributed by atoms with Crippen molar-refractivity contribution in [1.29, 1.82) is 0 Å². The number of fused-ring (bicyclic) bond motifs is 1. The van der Waals surface area contributed by atoms with E-state index in [2.05, 4.69) is 63.7 Å². The van der Waals surface area contributed by atoms with Crippen LogP contribution in [0.15, 0.2) is 48.5 Å². The van der Waals surface area contributed by atoms with Gasteiger partial charge >= 0.3 is 0 Å². The van der Waals surface area contributed by atoms with Crippen LogP contribution < -0.4 is 10.1 Å². The number of anilines is 2. The highest BCUT2D eigenvalue weighted by molar-refractivity contribution is 7.91.